The van der Waals surface area contributed by atoms with Crippen LogP contribution in [0.3, 0.4) is 0 Å². The fourth-order valence-corrected chi connectivity index (χ4v) is 2.79. The van der Waals surface area contributed by atoms with Crippen LogP contribution in [-0.4, -0.2) is 24.8 Å². The number of hydrazone groups is 1. The molecule has 7 heteroatoms. The van der Waals surface area contributed by atoms with Crippen LogP contribution < -0.4 is 14.9 Å². The fourth-order valence-electron chi connectivity index (χ4n) is 2.30. The minimum absolute atomic E-state index is 0.390. The molecule has 0 saturated heterocycles. The van der Waals surface area contributed by atoms with E-state index in [-0.39, 0.29) is 5.91 Å². The van der Waals surface area contributed by atoms with Crippen molar-refractivity contribution in [3.8, 4) is 11.5 Å². The lowest BCUT2D eigenvalue weighted by Gasteiger charge is -2.13. The molecule has 1 amide bonds. The largest absolute Gasteiger partial charge is 0.494 e. The molecule has 0 aliphatic heterocycles. The van der Waals surface area contributed by atoms with E-state index >= 15 is 0 Å². The van der Waals surface area contributed by atoms with Crippen LogP contribution in [0.15, 0.2) is 47.6 Å². The van der Waals surface area contributed by atoms with Gasteiger partial charge in [-0.1, -0.05) is 49.0 Å². The molecule has 0 aliphatic carbocycles. The monoisotopic (exact) mass is 422 g/mol. The van der Waals surface area contributed by atoms with Crippen LogP contribution in [0.2, 0.25) is 10.0 Å². The zero-order chi connectivity index (χ0) is 20.4. The van der Waals surface area contributed by atoms with Crippen LogP contribution in [0.1, 0.15) is 38.7 Å². The lowest BCUT2D eigenvalue weighted by atomic mass is 10.2. The van der Waals surface area contributed by atoms with Crippen molar-refractivity contribution in [1.29, 1.82) is 0 Å². The molecule has 150 valence electrons. The van der Waals surface area contributed by atoms with Gasteiger partial charge in [0.15, 0.2) is 6.10 Å². The highest BCUT2D eigenvalue weighted by Gasteiger charge is 2.14. The molecule has 5 nitrogen and oxygen atoms in total. The number of hydrogen-bond acceptors (Lipinski definition) is 4. The van der Waals surface area contributed by atoms with Crippen molar-refractivity contribution >= 4 is 35.3 Å². The second-order valence-electron chi connectivity index (χ2n) is 6.16. The third kappa shape index (κ3) is 7.06. The number of ether oxygens (including phenoxy) is 2. The van der Waals surface area contributed by atoms with Crippen molar-refractivity contribution < 1.29 is 14.3 Å². The van der Waals surface area contributed by atoms with E-state index in [0.717, 1.165) is 25.0 Å². The van der Waals surface area contributed by atoms with E-state index in [1.54, 1.807) is 37.3 Å². The van der Waals surface area contributed by atoms with Gasteiger partial charge in [0.25, 0.3) is 5.91 Å². The van der Waals surface area contributed by atoms with Gasteiger partial charge in [0.05, 0.1) is 22.9 Å². The number of carbonyl (C=O) groups excluding carboxylic acids is 1. The van der Waals surface area contributed by atoms with E-state index in [4.69, 9.17) is 32.7 Å². The molecule has 0 fully saturated rings. The molecule has 0 aromatic heterocycles. The predicted molar refractivity (Wildman–Crippen MR) is 114 cm³/mol. The predicted octanol–water partition coefficient (Wildman–Crippen LogP) is 5.48. The molecule has 0 aliphatic rings. The first-order chi connectivity index (χ1) is 13.5. The Bertz CT molecular complexity index is 774. The molecule has 28 heavy (non-hydrogen) atoms. The van der Waals surface area contributed by atoms with Gasteiger partial charge < -0.3 is 9.47 Å². The van der Waals surface area contributed by atoms with Gasteiger partial charge in [0.1, 0.15) is 11.5 Å². The average Bonchev–Trinajstić information content (AvgIpc) is 2.68. The highest BCUT2D eigenvalue weighted by molar-refractivity contribution is 6.38. The lowest BCUT2D eigenvalue weighted by molar-refractivity contribution is -0.127. The third-order valence-corrected chi connectivity index (χ3v) is 4.55. The van der Waals surface area contributed by atoms with Gasteiger partial charge in [-0.2, -0.15) is 5.10 Å². The molecule has 2 aromatic carbocycles. The summed E-state index contributed by atoms with van der Waals surface area (Å²) < 4.78 is 11.3. The quantitative estimate of drug-likeness (QED) is 0.313. The molecule has 0 saturated carbocycles. The molecule has 0 unspecified atom stereocenters. The second-order valence-corrected chi connectivity index (χ2v) is 6.97. The van der Waals surface area contributed by atoms with Crippen molar-refractivity contribution in [2.45, 2.75) is 39.2 Å². The first-order valence-electron chi connectivity index (χ1n) is 9.17. The van der Waals surface area contributed by atoms with Crippen molar-refractivity contribution in [3.63, 3.8) is 0 Å². The highest BCUT2D eigenvalue weighted by atomic mass is 35.5. The standard InChI is InChI=1S/C21H24Cl2N2O3/c1-3-4-5-13-27-16-9-11-17(12-10-16)28-15(2)21(26)25-24-14-18-19(22)7-6-8-20(18)23/h6-12,14-15H,3-5,13H2,1-2H3,(H,25,26)/b24-14-/t15-/m1/s1. The normalized spacial score (nSPS) is 12.0. The third-order valence-electron chi connectivity index (χ3n) is 3.89. The number of nitrogens with zero attached hydrogens (tertiary/aromatic N) is 1. The second kappa shape index (κ2) is 11.6. The maximum Gasteiger partial charge on any atom is 0.280 e. The fraction of sp³-hybridized carbons (Fsp3) is 0.333. The number of unbranched alkanes of at least 4 members (excludes halogenated alkanes) is 2. The molecule has 1 N–H and O–H groups in total. The van der Waals surface area contributed by atoms with Crippen molar-refractivity contribution in [2.75, 3.05) is 6.61 Å². The number of rotatable bonds is 10. The highest BCUT2D eigenvalue weighted by Crippen LogP contribution is 2.22. The van der Waals surface area contributed by atoms with E-state index in [2.05, 4.69) is 17.5 Å². The van der Waals surface area contributed by atoms with Gasteiger partial charge in [0, 0.05) is 5.56 Å². The maximum atomic E-state index is 12.1. The number of carbonyl (C=O) groups is 1. The van der Waals surface area contributed by atoms with E-state index in [9.17, 15) is 4.79 Å². The van der Waals surface area contributed by atoms with E-state index < -0.39 is 6.10 Å². The number of halogens is 2. The maximum absolute atomic E-state index is 12.1. The lowest BCUT2D eigenvalue weighted by Crippen LogP contribution is -2.33. The summed E-state index contributed by atoms with van der Waals surface area (Å²) in [5.41, 5.74) is 2.96. The molecule has 0 bridgehead atoms. The molecule has 1 atom stereocenters. The van der Waals surface area contributed by atoms with Crippen LogP contribution >= 0.6 is 23.2 Å². The molecular weight excluding hydrogens is 399 g/mol. The first kappa shape index (κ1) is 22.1. The van der Waals surface area contributed by atoms with Gasteiger partial charge >= 0.3 is 0 Å². The number of benzene rings is 2. The van der Waals surface area contributed by atoms with Crippen molar-refractivity contribution in [2.24, 2.45) is 5.10 Å². The minimum Gasteiger partial charge on any atom is -0.494 e. The molecular formula is C21H24Cl2N2O3. The topological polar surface area (TPSA) is 59.9 Å². The van der Waals surface area contributed by atoms with Crippen molar-refractivity contribution in [1.82, 2.24) is 5.43 Å². The summed E-state index contributed by atoms with van der Waals surface area (Å²) in [6.45, 7) is 4.49. The Hall–Kier alpha value is -2.24. The molecule has 0 spiro atoms. The van der Waals surface area contributed by atoms with Crippen LogP contribution in [0.4, 0.5) is 0 Å². The van der Waals surface area contributed by atoms with Crippen LogP contribution in [0.5, 0.6) is 11.5 Å². The van der Waals surface area contributed by atoms with E-state index in [1.165, 1.54) is 6.21 Å². The zero-order valence-corrected chi connectivity index (χ0v) is 17.5. The Kier molecular flexibility index (Phi) is 9.11. The minimum atomic E-state index is -0.727. The van der Waals surface area contributed by atoms with Crippen molar-refractivity contribution in [3.05, 3.63) is 58.1 Å². The molecule has 0 heterocycles. The smallest absolute Gasteiger partial charge is 0.280 e. The number of nitrogens with one attached hydrogen (secondary N) is 1. The van der Waals surface area contributed by atoms with Gasteiger partial charge in [-0.05, 0) is 49.7 Å². The average molecular weight is 423 g/mol. The van der Waals surface area contributed by atoms with Gasteiger partial charge in [-0.15, -0.1) is 0 Å². The summed E-state index contributed by atoms with van der Waals surface area (Å²) in [4.78, 5) is 12.1. The molecule has 2 rings (SSSR count). The summed E-state index contributed by atoms with van der Waals surface area (Å²) >= 11 is 12.1. The van der Waals surface area contributed by atoms with Crippen LogP contribution in [-0.2, 0) is 4.79 Å². The molecule has 2 aromatic rings. The first-order valence-corrected chi connectivity index (χ1v) is 9.93. The number of hydrogen-bond donors (Lipinski definition) is 1. The zero-order valence-electron chi connectivity index (χ0n) is 16.0. The summed E-state index contributed by atoms with van der Waals surface area (Å²) in [6, 6.07) is 12.3. The van der Waals surface area contributed by atoms with Gasteiger partial charge in [-0.25, -0.2) is 5.43 Å². The van der Waals surface area contributed by atoms with Gasteiger partial charge in [0.2, 0.25) is 0 Å². The Morgan fingerprint density at radius 1 is 1.11 bits per heavy atom. The van der Waals surface area contributed by atoms with Crippen LogP contribution in [0.25, 0.3) is 0 Å². The van der Waals surface area contributed by atoms with Crippen LogP contribution in [0, 0.1) is 0 Å². The summed E-state index contributed by atoms with van der Waals surface area (Å²) in [5, 5.41) is 4.80. The van der Waals surface area contributed by atoms with Gasteiger partial charge in [-0.3, -0.25) is 4.79 Å². The molecule has 0 radical (unpaired) electrons. The number of amides is 1. The van der Waals surface area contributed by atoms with E-state index in [0.29, 0.717) is 28.0 Å². The summed E-state index contributed by atoms with van der Waals surface area (Å²) in [7, 11) is 0. The Morgan fingerprint density at radius 3 is 2.39 bits per heavy atom. The Labute approximate surface area is 175 Å². The van der Waals surface area contributed by atoms with E-state index in [1.807, 2.05) is 12.1 Å². The summed E-state index contributed by atoms with van der Waals surface area (Å²) in [5.74, 6) is 0.961. The Balaban J connectivity index is 1.82. The Morgan fingerprint density at radius 2 is 1.75 bits per heavy atom. The summed E-state index contributed by atoms with van der Waals surface area (Å²) in [6.07, 6.45) is 4.02. The SMILES string of the molecule is CCCCCOc1ccc(O[C@H](C)C(=O)N/N=C\c2c(Cl)cccc2Cl)cc1.